The Balaban J connectivity index is 1.73. The van der Waals surface area contributed by atoms with Crippen LogP contribution in [0.3, 0.4) is 0 Å². The van der Waals surface area contributed by atoms with Gasteiger partial charge in [-0.3, -0.25) is 14.2 Å². The zero-order chi connectivity index (χ0) is 19.6. The Morgan fingerprint density at radius 2 is 1.96 bits per heavy atom. The molecule has 0 aliphatic heterocycles. The van der Waals surface area contributed by atoms with E-state index >= 15 is 0 Å². The lowest BCUT2D eigenvalue weighted by Gasteiger charge is -2.18. The largest absolute Gasteiger partial charge is 0.494 e. The molecular formula is C20H23N3O3S. The number of hydrogen-bond donors (Lipinski definition) is 0. The van der Waals surface area contributed by atoms with Crippen LogP contribution in [0.25, 0.3) is 10.2 Å². The minimum Gasteiger partial charge on any atom is -0.494 e. The van der Waals surface area contributed by atoms with Crippen LogP contribution >= 0.6 is 11.3 Å². The topological polar surface area (TPSA) is 64.4 Å². The third-order valence-electron chi connectivity index (χ3n) is 4.54. The first-order valence-electron chi connectivity index (χ1n) is 8.81. The Hall–Kier alpha value is -2.67. The van der Waals surface area contributed by atoms with E-state index in [4.69, 9.17) is 4.74 Å². The highest BCUT2D eigenvalue weighted by Gasteiger charge is 2.15. The van der Waals surface area contributed by atoms with Gasteiger partial charge in [-0.15, -0.1) is 11.3 Å². The average molecular weight is 385 g/mol. The third-order valence-corrected chi connectivity index (χ3v) is 5.66. The van der Waals surface area contributed by atoms with Gasteiger partial charge in [0, 0.05) is 18.5 Å². The van der Waals surface area contributed by atoms with Crippen molar-refractivity contribution >= 4 is 27.5 Å². The van der Waals surface area contributed by atoms with Crippen LogP contribution in [0.5, 0.6) is 5.75 Å². The molecule has 3 rings (SSSR count). The van der Waals surface area contributed by atoms with Gasteiger partial charge < -0.3 is 9.64 Å². The van der Waals surface area contributed by atoms with Crippen LogP contribution in [0.15, 0.2) is 35.4 Å². The summed E-state index contributed by atoms with van der Waals surface area (Å²) in [5, 5.41) is 0.613. The highest BCUT2D eigenvalue weighted by atomic mass is 32.1. The molecule has 2 aromatic heterocycles. The molecule has 1 amide bonds. The maximum absolute atomic E-state index is 12.7. The van der Waals surface area contributed by atoms with Crippen LogP contribution in [-0.4, -0.2) is 34.0 Å². The van der Waals surface area contributed by atoms with Gasteiger partial charge in [0.05, 0.1) is 18.3 Å². The third kappa shape index (κ3) is 4.03. The quantitative estimate of drug-likeness (QED) is 0.654. The molecule has 0 aliphatic rings. The van der Waals surface area contributed by atoms with Crippen molar-refractivity contribution in [1.82, 2.24) is 14.5 Å². The Bertz CT molecular complexity index is 1020. The SMILES string of the molecule is CCOc1ccc(CN(C)C(=O)Cn2cnc3sc(C)c(C)c3c2=O)cc1. The molecule has 6 nitrogen and oxygen atoms in total. The standard InChI is InChI=1S/C20H23N3O3S/c1-5-26-16-8-6-15(7-9-16)10-22(4)17(24)11-23-12-21-19-18(20(23)25)13(2)14(3)27-19/h6-9,12H,5,10-11H2,1-4H3. The molecule has 0 spiro atoms. The van der Waals surface area contributed by atoms with Gasteiger partial charge in [0.1, 0.15) is 17.1 Å². The van der Waals surface area contributed by atoms with Gasteiger partial charge >= 0.3 is 0 Å². The molecule has 0 fully saturated rings. The molecule has 7 heteroatoms. The Morgan fingerprint density at radius 3 is 2.63 bits per heavy atom. The predicted octanol–water partition coefficient (Wildman–Crippen LogP) is 3.13. The van der Waals surface area contributed by atoms with Crippen molar-refractivity contribution in [3.63, 3.8) is 0 Å². The Kier molecular flexibility index (Phi) is 5.60. The van der Waals surface area contributed by atoms with Crippen LogP contribution in [-0.2, 0) is 17.9 Å². The van der Waals surface area contributed by atoms with Crippen molar-refractivity contribution in [1.29, 1.82) is 0 Å². The molecule has 27 heavy (non-hydrogen) atoms. The zero-order valence-corrected chi connectivity index (χ0v) is 16.8. The summed E-state index contributed by atoms with van der Waals surface area (Å²) in [4.78, 5) is 33.1. The lowest BCUT2D eigenvalue weighted by atomic mass is 10.2. The first kappa shape index (κ1) is 19.1. The lowest BCUT2D eigenvalue weighted by molar-refractivity contribution is -0.131. The number of aromatic nitrogens is 2. The first-order valence-corrected chi connectivity index (χ1v) is 9.63. The first-order chi connectivity index (χ1) is 12.9. The summed E-state index contributed by atoms with van der Waals surface area (Å²) in [6.07, 6.45) is 1.46. The van der Waals surface area contributed by atoms with Gasteiger partial charge in [-0.1, -0.05) is 12.1 Å². The van der Waals surface area contributed by atoms with Crippen molar-refractivity contribution < 1.29 is 9.53 Å². The summed E-state index contributed by atoms with van der Waals surface area (Å²) in [5.74, 6) is 0.666. The molecule has 0 saturated carbocycles. The molecule has 0 N–H and O–H groups in total. The second-order valence-corrected chi connectivity index (χ2v) is 7.67. The van der Waals surface area contributed by atoms with E-state index in [1.54, 1.807) is 11.9 Å². The number of carbonyl (C=O) groups excluding carboxylic acids is 1. The molecular weight excluding hydrogens is 362 g/mol. The fourth-order valence-electron chi connectivity index (χ4n) is 2.87. The summed E-state index contributed by atoms with van der Waals surface area (Å²) in [7, 11) is 1.73. The van der Waals surface area contributed by atoms with Crippen LogP contribution in [0.2, 0.25) is 0 Å². The number of nitrogens with zero attached hydrogens (tertiary/aromatic N) is 3. The highest BCUT2D eigenvalue weighted by Crippen LogP contribution is 2.25. The minimum absolute atomic E-state index is 0.0242. The molecule has 0 saturated heterocycles. The van der Waals surface area contributed by atoms with E-state index in [0.29, 0.717) is 18.5 Å². The van der Waals surface area contributed by atoms with Crippen LogP contribution in [0.4, 0.5) is 0 Å². The van der Waals surface area contributed by atoms with Gasteiger partial charge in [0.2, 0.25) is 5.91 Å². The van der Waals surface area contributed by atoms with Crippen molar-refractivity contribution in [2.45, 2.75) is 33.9 Å². The molecule has 0 bridgehead atoms. The molecule has 1 aromatic carbocycles. The van der Waals surface area contributed by atoms with Crippen molar-refractivity contribution in [3.05, 3.63) is 57.0 Å². The predicted molar refractivity (Wildman–Crippen MR) is 107 cm³/mol. The van der Waals surface area contributed by atoms with Gasteiger partial charge in [-0.05, 0) is 44.0 Å². The van der Waals surface area contributed by atoms with Gasteiger partial charge in [0.25, 0.3) is 5.56 Å². The fourth-order valence-corrected chi connectivity index (χ4v) is 3.86. The number of rotatable bonds is 6. The van der Waals surface area contributed by atoms with Gasteiger partial charge in [-0.2, -0.15) is 0 Å². The normalized spacial score (nSPS) is 11.0. The van der Waals surface area contributed by atoms with E-state index in [0.717, 1.165) is 26.6 Å². The van der Waals surface area contributed by atoms with Crippen molar-refractivity contribution in [3.8, 4) is 5.75 Å². The summed E-state index contributed by atoms with van der Waals surface area (Å²) in [5.41, 5.74) is 1.78. The Labute approximate surface area is 162 Å². The zero-order valence-electron chi connectivity index (χ0n) is 16.0. The molecule has 0 atom stereocenters. The molecule has 0 radical (unpaired) electrons. The number of carbonyl (C=O) groups is 1. The number of amides is 1. The number of ether oxygens (including phenoxy) is 1. The molecule has 0 aliphatic carbocycles. The van der Waals surface area contributed by atoms with Gasteiger partial charge in [0.15, 0.2) is 0 Å². The molecule has 2 heterocycles. The van der Waals surface area contributed by atoms with Gasteiger partial charge in [-0.25, -0.2) is 4.98 Å². The second-order valence-electron chi connectivity index (χ2n) is 6.47. The maximum atomic E-state index is 12.7. The van der Waals surface area contributed by atoms with Crippen LogP contribution in [0, 0.1) is 13.8 Å². The summed E-state index contributed by atoms with van der Waals surface area (Å²) < 4.78 is 6.81. The number of hydrogen-bond acceptors (Lipinski definition) is 5. The summed E-state index contributed by atoms with van der Waals surface area (Å²) in [6.45, 7) is 6.89. The van der Waals surface area contributed by atoms with E-state index in [1.165, 1.54) is 22.2 Å². The van der Waals surface area contributed by atoms with E-state index in [9.17, 15) is 9.59 Å². The fraction of sp³-hybridized carbons (Fsp3) is 0.350. The maximum Gasteiger partial charge on any atom is 0.262 e. The smallest absolute Gasteiger partial charge is 0.262 e. The van der Waals surface area contributed by atoms with Crippen molar-refractivity contribution in [2.24, 2.45) is 0 Å². The summed E-state index contributed by atoms with van der Waals surface area (Å²) in [6, 6.07) is 7.65. The van der Waals surface area contributed by atoms with Crippen molar-refractivity contribution in [2.75, 3.05) is 13.7 Å². The number of aryl methyl sites for hydroxylation is 2. The van der Waals surface area contributed by atoms with E-state index in [-0.39, 0.29) is 18.0 Å². The van der Waals surface area contributed by atoms with Crippen LogP contribution < -0.4 is 10.3 Å². The van der Waals surface area contributed by atoms with E-state index in [1.807, 2.05) is 45.0 Å². The number of thiophene rings is 1. The lowest BCUT2D eigenvalue weighted by Crippen LogP contribution is -2.33. The number of benzene rings is 1. The average Bonchev–Trinajstić information content (AvgIpc) is 2.94. The number of likely N-dealkylation sites (N-methyl/N-ethyl adjacent to an activating group) is 1. The van der Waals surface area contributed by atoms with E-state index in [2.05, 4.69) is 4.98 Å². The Morgan fingerprint density at radius 1 is 1.26 bits per heavy atom. The minimum atomic E-state index is -0.162. The number of fused-ring (bicyclic) bond motifs is 1. The monoisotopic (exact) mass is 385 g/mol. The summed E-state index contributed by atoms with van der Waals surface area (Å²) >= 11 is 1.50. The molecule has 3 aromatic rings. The van der Waals surface area contributed by atoms with E-state index < -0.39 is 0 Å². The highest BCUT2D eigenvalue weighted by molar-refractivity contribution is 7.18. The molecule has 142 valence electrons. The molecule has 0 unspecified atom stereocenters. The van der Waals surface area contributed by atoms with Crippen LogP contribution in [0.1, 0.15) is 22.9 Å². The second kappa shape index (κ2) is 7.92.